The molecule has 0 radical (unpaired) electrons. The van der Waals surface area contributed by atoms with Crippen LogP contribution in [0.5, 0.6) is 0 Å². The van der Waals surface area contributed by atoms with E-state index in [2.05, 4.69) is 0 Å². The molecule has 0 bridgehead atoms. The van der Waals surface area contributed by atoms with Crippen molar-refractivity contribution in [2.75, 3.05) is 12.4 Å². The lowest BCUT2D eigenvalue weighted by molar-refractivity contribution is 0.00669. The van der Waals surface area contributed by atoms with Gasteiger partial charge in [0.25, 0.3) is 0 Å². The zero-order valence-corrected chi connectivity index (χ0v) is 7.53. The third-order valence-corrected chi connectivity index (χ3v) is 1.39. The summed E-state index contributed by atoms with van der Waals surface area (Å²) in [6, 6.07) is 0. The standard InChI is InChI=1S/C6H15NO2S/c1-6(2,3)9-4-5-10(7)8/h4-5,7H2,1-3H3. The Labute approximate surface area is 64.5 Å². The molecule has 0 saturated heterocycles. The third-order valence-electron chi connectivity index (χ3n) is 0.820. The van der Waals surface area contributed by atoms with E-state index in [1.807, 2.05) is 20.8 Å². The van der Waals surface area contributed by atoms with Crippen molar-refractivity contribution < 1.29 is 8.95 Å². The topological polar surface area (TPSA) is 52.3 Å². The molecule has 4 heteroatoms. The summed E-state index contributed by atoms with van der Waals surface area (Å²) in [4.78, 5) is 0. The quantitative estimate of drug-likeness (QED) is 0.659. The molecule has 0 aliphatic rings. The molecule has 1 atom stereocenters. The predicted molar refractivity (Wildman–Crippen MR) is 42.9 cm³/mol. The van der Waals surface area contributed by atoms with E-state index in [-0.39, 0.29) is 5.60 Å². The molecular weight excluding hydrogens is 150 g/mol. The second-order valence-corrected chi connectivity index (χ2v) is 4.22. The predicted octanol–water partition coefficient (Wildman–Crippen LogP) is 0.424. The Bertz CT molecular complexity index is 119. The van der Waals surface area contributed by atoms with Crippen LogP contribution in [0.1, 0.15) is 20.8 Å². The van der Waals surface area contributed by atoms with Crippen LogP contribution >= 0.6 is 0 Å². The fraction of sp³-hybridized carbons (Fsp3) is 1.00. The van der Waals surface area contributed by atoms with Crippen molar-refractivity contribution in [3.8, 4) is 0 Å². The molecule has 0 aromatic rings. The summed E-state index contributed by atoms with van der Waals surface area (Å²) in [6.45, 7) is 6.32. The largest absolute Gasteiger partial charge is 0.375 e. The average molecular weight is 165 g/mol. The van der Waals surface area contributed by atoms with E-state index in [1.54, 1.807) is 0 Å². The highest BCUT2D eigenvalue weighted by Gasteiger charge is 2.09. The average Bonchev–Trinajstić information content (AvgIpc) is 1.59. The minimum Gasteiger partial charge on any atom is -0.375 e. The molecule has 0 aromatic carbocycles. The maximum Gasteiger partial charge on any atom is 0.0911 e. The number of rotatable bonds is 3. The Morgan fingerprint density at radius 2 is 2.00 bits per heavy atom. The molecule has 0 fully saturated rings. The van der Waals surface area contributed by atoms with E-state index in [0.717, 1.165) is 0 Å². The van der Waals surface area contributed by atoms with Gasteiger partial charge in [-0.05, 0) is 20.8 Å². The SMILES string of the molecule is CC(C)(C)OCCS(N)=O. The summed E-state index contributed by atoms with van der Waals surface area (Å²) >= 11 is 0. The first kappa shape index (κ1) is 10.1. The molecule has 10 heavy (non-hydrogen) atoms. The number of ether oxygens (including phenoxy) is 1. The molecule has 0 aliphatic heterocycles. The lowest BCUT2D eigenvalue weighted by Gasteiger charge is -2.18. The maximum absolute atomic E-state index is 10.3. The van der Waals surface area contributed by atoms with Crippen molar-refractivity contribution in [1.82, 2.24) is 0 Å². The Hall–Kier alpha value is 0.0700. The molecule has 62 valence electrons. The molecule has 0 aliphatic carbocycles. The van der Waals surface area contributed by atoms with Gasteiger partial charge in [-0.3, -0.25) is 5.14 Å². The van der Waals surface area contributed by atoms with Gasteiger partial charge in [0.15, 0.2) is 0 Å². The Morgan fingerprint density at radius 1 is 1.50 bits per heavy atom. The first-order chi connectivity index (χ1) is 4.42. The minimum atomic E-state index is -1.23. The number of hydrogen-bond acceptors (Lipinski definition) is 2. The van der Waals surface area contributed by atoms with Gasteiger partial charge in [-0.25, -0.2) is 4.21 Å². The highest BCUT2D eigenvalue weighted by Crippen LogP contribution is 2.05. The van der Waals surface area contributed by atoms with E-state index >= 15 is 0 Å². The lowest BCUT2D eigenvalue weighted by atomic mass is 10.2. The van der Waals surface area contributed by atoms with Crippen LogP contribution in [0.4, 0.5) is 0 Å². The molecule has 1 unspecified atom stereocenters. The Kier molecular flexibility index (Phi) is 4.08. The maximum atomic E-state index is 10.3. The fourth-order valence-corrected chi connectivity index (χ4v) is 0.678. The van der Waals surface area contributed by atoms with E-state index in [9.17, 15) is 4.21 Å². The molecule has 2 N–H and O–H groups in total. The molecule has 0 rings (SSSR count). The minimum absolute atomic E-state index is 0.153. The van der Waals surface area contributed by atoms with Gasteiger partial charge in [-0.2, -0.15) is 0 Å². The molecule has 0 amide bonds. The summed E-state index contributed by atoms with van der Waals surface area (Å²) in [6.07, 6.45) is 0. The summed E-state index contributed by atoms with van der Waals surface area (Å²) in [7, 11) is -1.23. The van der Waals surface area contributed by atoms with Crippen molar-refractivity contribution in [3.63, 3.8) is 0 Å². The highest BCUT2D eigenvalue weighted by atomic mass is 32.2. The van der Waals surface area contributed by atoms with E-state index in [0.29, 0.717) is 12.4 Å². The van der Waals surface area contributed by atoms with Crippen molar-refractivity contribution in [2.45, 2.75) is 26.4 Å². The fourth-order valence-electron chi connectivity index (χ4n) is 0.430. The molecule has 0 spiro atoms. The second kappa shape index (κ2) is 4.05. The summed E-state index contributed by atoms with van der Waals surface area (Å²) in [5, 5.41) is 5.01. The zero-order chi connectivity index (χ0) is 8.20. The summed E-state index contributed by atoms with van der Waals surface area (Å²) in [5.41, 5.74) is -0.153. The van der Waals surface area contributed by atoms with Crippen LogP contribution in [-0.2, 0) is 15.7 Å². The summed E-state index contributed by atoms with van der Waals surface area (Å²) in [5.74, 6) is 0.414. The van der Waals surface area contributed by atoms with Gasteiger partial charge in [0.1, 0.15) is 0 Å². The van der Waals surface area contributed by atoms with E-state index in [1.165, 1.54) is 0 Å². The highest BCUT2D eigenvalue weighted by molar-refractivity contribution is 7.82. The van der Waals surface area contributed by atoms with Gasteiger partial charge in [0.05, 0.1) is 28.9 Å². The van der Waals surface area contributed by atoms with Crippen molar-refractivity contribution in [1.29, 1.82) is 0 Å². The van der Waals surface area contributed by atoms with Crippen molar-refractivity contribution in [2.24, 2.45) is 5.14 Å². The molecule has 0 saturated carbocycles. The normalized spacial score (nSPS) is 15.2. The zero-order valence-electron chi connectivity index (χ0n) is 6.72. The molecule has 3 nitrogen and oxygen atoms in total. The molecule has 0 aromatic heterocycles. The Morgan fingerprint density at radius 3 is 2.30 bits per heavy atom. The van der Waals surface area contributed by atoms with Crippen molar-refractivity contribution >= 4 is 11.0 Å². The first-order valence-corrected chi connectivity index (χ1v) is 4.57. The number of hydrogen-bond donors (Lipinski definition) is 1. The van der Waals surface area contributed by atoms with E-state index < -0.39 is 11.0 Å². The monoisotopic (exact) mass is 165 g/mol. The molecular formula is C6H15NO2S. The van der Waals surface area contributed by atoms with Gasteiger partial charge in [-0.1, -0.05) is 0 Å². The van der Waals surface area contributed by atoms with Crippen LogP contribution in [0.2, 0.25) is 0 Å². The molecule has 0 heterocycles. The Balaban J connectivity index is 3.29. The third kappa shape index (κ3) is 8.07. The van der Waals surface area contributed by atoms with Gasteiger partial charge in [0.2, 0.25) is 0 Å². The summed E-state index contributed by atoms with van der Waals surface area (Å²) < 4.78 is 15.6. The van der Waals surface area contributed by atoms with Crippen LogP contribution in [0, 0.1) is 0 Å². The first-order valence-electron chi connectivity index (χ1n) is 3.18. The van der Waals surface area contributed by atoms with Gasteiger partial charge >= 0.3 is 0 Å². The van der Waals surface area contributed by atoms with Crippen LogP contribution in [0.15, 0.2) is 0 Å². The van der Waals surface area contributed by atoms with Gasteiger partial charge < -0.3 is 4.74 Å². The van der Waals surface area contributed by atoms with Gasteiger partial charge in [0, 0.05) is 0 Å². The second-order valence-electron chi connectivity index (χ2n) is 3.05. The van der Waals surface area contributed by atoms with Crippen molar-refractivity contribution in [3.05, 3.63) is 0 Å². The van der Waals surface area contributed by atoms with Gasteiger partial charge in [-0.15, -0.1) is 0 Å². The van der Waals surface area contributed by atoms with Crippen LogP contribution in [0.25, 0.3) is 0 Å². The lowest BCUT2D eigenvalue weighted by Crippen LogP contribution is -2.23. The smallest absolute Gasteiger partial charge is 0.0911 e. The van der Waals surface area contributed by atoms with E-state index in [4.69, 9.17) is 9.88 Å². The van der Waals surface area contributed by atoms with Crippen LogP contribution < -0.4 is 5.14 Å². The van der Waals surface area contributed by atoms with Crippen LogP contribution in [0.3, 0.4) is 0 Å². The van der Waals surface area contributed by atoms with Crippen LogP contribution in [-0.4, -0.2) is 22.2 Å². The number of nitrogens with two attached hydrogens (primary N) is 1.